The van der Waals surface area contributed by atoms with Crippen LogP contribution in [0.25, 0.3) is 0 Å². The molecular formula is C15H19BrN2O2. The van der Waals surface area contributed by atoms with E-state index in [0.29, 0.717) is 25.2 Å². The summed E-state index contributed by atoms with van der Waals surface area (Å²) in [7, 11) is 1.61. The van der Waals surface area contributed by atoms with Crippen molar-refractivity contribution in [1.82, 2.24) is 10.6 Å². The third kappa shape index (κ3) is 4.34. The first-order valence-corrected chi connectivity index (χ1v) is 7.65. The van der Waals surface area contributed by atoms with Gasteiger partial charge in [-0.25, -0.2) is 0 Å². The van der Waals surface area contributed by atoms with Crippen molar-refractivity contribution in [3.63, 3.8) is 0 Å². The molecule has 2 atom stereocenters. The number of hydrogen-bond donors (Lipinski definition) is 2. The largest absolute Gasteiger partial charge is 0.359 e. The summed E-state index contributed by atoms with van der Waals surface area (Å²) in [6.45, 7) is 0. The van der Waals surface area contributed by atoms with Gasteiger partial charge >= 0.3 is 0 Å². The highest BCUT2D eigenvalue weighted by Gasteiger charge is 2.39. The third-order valence-electron chi connectivity index (χ3n) is 3.52. The molecule has 0 bridgehead atoms. The molecule has 1 fully saturated rings. The number of rotatable bonds is 6. The maximum Gasteiger partial charge on any atom is 0.220 e. The Bertz CT molecular complexity index is 487. The lowest BCUT2D eigenvalue weighted by atomic mass is 10.1. The molecule has 1 aromatic carbocycles. The van der Waals surface area contributed by atoms with E-state index in [0.717, 1.165) is 10.9 Å². The number of amides is 2. The lowest BCUT2D eigenvalue weighted by Gasteiger charge is -2.05. The van der Waals surface area contributed by atoms with Gasteiger partial charge in [-0.15, -0.1) is 0 Å². The van der Waals surface area contributed by atoms with Gasteiger partial charge in [0.25, 0.3) is 0 Å². The number of halogens is 1. The first-order chi connectivity index (χ1) is 9.60. The molecule has 2 N–H and O–H groups in total. The summed E-state index contributed by atoms with van der Waals surface area (Å²) in [6.07, 6.45) is 2.42. The first-order valence-electron chi connectivity index (χ1n) is 6.85. The molecule has 0 aromatic heterocycles. The molecule has 1 aromatic rings. The Kier molecular flexibility index (Phi) is 5.17. The van der Waals surface area contributed by atoms with Gasteiger partial charge in [0.2, 0.25) is 11.8 Å². The summed E-state index contributed by atoms with van der Waals surface area (Å²) in [5.74, 6) is 0.460. The quantitative estimate of drug-likeness (QED) is 0.836. The molecule has 0 unspecified atom stereocenters. The van der Waals surface area contributed by atoms with Crippen LogP contribution in [-0.4, -0.2) is 24.9 Å². The molecule has 0 saturated heterocycles. The number of carbonyl (C=O) groups is 2. The molecule has 4 nitrogen and oxygen atoms in total. The smallest absolute Gasteiger partial charge is 0.220 e. The van der Waals surface area contributed by atoms with Crippen molar-refractivity contribution < 1.29 is 9.59 Å². The lowest BCUT2D eigenvalue weighted by Crippen LogP contribution is -2.26. The van der Waals surface area contributed by atoms with Gasteiger partial charge in [-0.05, 0) is 30.5 Å². The normalized spacial score (nSPS) is 20.3. The Morgan fingerprint density at radius 1 is 1.20 bits per heavy atom. The van der Waals surface area contributed by atoms with Crippen molar-refractivity contribution in [2.45, 2.75) is 37.6 Å². The van der Waals surface area contributed by atoms with Crippen molar-refractivity contribution in [3.05, 3.63) is 34.3 Å². The van der Waals surface area contributed by atoms with Crippen LogP contribution in [0.3, 0.4) is 0 Å². The minimum absolute atomic E-state index is 0.0167. The van der Waals surface area contributed by atoms with E-state index in [1.54, 1.807) is 7.05 Å². The second-order valence-electron chi connectivity index (χ2n) is 5.09. The van der Waals surface area contributed by atoms with Gasteiger partial charge in [-0.1, -0.05) is 28.1 Å². The van der Waals surface area contributed by atoms with Crippen LogP contribution < -0.4 is 10.6 Å². The molecule has 0 radical (unpaired) electrons. The zero-order valence-electron chi connectivity index (χ0n) is 11.5. The Labute approximate surface area is 127 Å². The highest BCUT2D eigenvalue weighted by Crippen LogP contribution is 2.41. The zero-order valence-corrected chi connectivity index (χ0v) is 13.1. The minimum Gasteiger partial charge on any atom is -0.359 e. The number of carbonyl (C=O) groups excluding carboxylic acids is 2. The molecule has 0 aliphatic heterocycles. The van der Waals surface area contributed by atoms with Crippen molar-refractivity contribution in [2.24, 2.45) is 0 Å². The van der Waals surface area contributed by atoms with E-state index in [2.05, 4.69) is 38.7 Å². The second kappa shape index (κ2) is 6.88. The monoisotopic (exact) mass is 338 g/mol. The molecule has 1 saturated carbocycles. The summed E-state index contributed by atoms with van der Waals surface area (Å²) in [5.41, 5.74) is 1.27. The third-order valence-corrected chi connectivity index (χ3v) is 4.05. The van der Waals surface area contributed by atoms with Crippen LogP contribution in [0.1, 0.15) is 37.2 Å². The topological polar surface area (TPSA) is 58.2 Å². The van der Waals surface area contributed by atoms with Gasteiger partial charge in [-0.3, -0.25) is 9.59 Å². The van der Waals surface area contributed by atoms with Gasteiger partial charge < -0.3 is 10.6 Å². The van der Waals surface area contributed by atoms with Crippen LogP contribution >= 0.6 is 15.9 Å². The Balaban J connectivity index is 1.69. The van der Waals surface area contributed by atoms with Gasteiger partial charge in [0.15, 0.2) is 0 Å². The highest BCUT2D eigenvalue weighted by atomic mass is 79.9. The van der Waals surface area contributed by atoms with Crippen molar-refractivity contribution in [1.29, 1.82) is 0 Å². The van der Waals surface area contributed by atoms with Crippen LogP contribution in [-0.2, 0) is 9.59 Å². The van der Waals surface area contributed by atoms with Gasteiger partial charge in [0, 0.05) is 36.3 Å². The molecule has 5 heteroatoms. The lowest BCUT2D eigenvalue weighted by molar-refractivity contribution is -0.122. The van der Waals surface area contributed by atoms with Crippen LogP contribution in [0, 0.1) is 0 Å². The predicted octanol–water partition coefficient (Wildman–Crippen LogP) is 2.34. The van der Waals surface area contributed by atoms with Crippen LogP contribution in [0.4, 0.5) is 0 Å². The maximum absolute atomic E-state index is 11.7. The predicted molar refractivity (Wildman–Crippen MR) is 81.3 cm³/mol. The number of hydrogen-bond acceptors (Lipinski definition) is 2. The molecule has 1 aliphatic carbocycles. The van der Waals surface area contributed by atoms with E-state index in [1.165, 1.54) is 5.56 Å². The first kappa shape index (κ1) is 15.0. The molecule has 2 amide bonds. The van der Waals surface area contributed by atoms with Crippen LogP contribution in [0.5, 0.6) is 0 Å². The molecule has 108 valence electrons. The van der Waals surface area contributed by atoms with Gasteiger partial charge in [0.1, 0.15) is 0 Å². The van der Waals surface area contributed by atoms with Crippen LogP contribution in [0.15, 0.2) is 28.7 Å². The van der Waals surface area contributed by atoms with Crippen molar-refractivity contribution >= 4 is 27.7 Å². The maximum atomic E-state index is 11.7. The minimum atomic E-state index is -0.0167. The van der Waals surface area contributed by atoms with Crippen molar-refractivity contribution in [3.8, 4) is 0 Å². The average molecular weight is 339 g/mol. The zero-order chi connectivity index (χ0) is 14.5. The van der Waals surface area contributed by atoms with E-state index >= 15 is 0 Å². The molecule has 0 spiro atoms. The molecular weight excluding hydrogens is 320 g/mol. The van der Waals surface area contributed by atoms with Crippen molar-refractivity contribution in [2.75, 3.05) is 7.05 Å². The van der Waals surface area contributed by atoms with E-state index in [9.17, 15) is 9.59 Å². The fourth-order valence-electron chi connectivity index (χ4n) is 2.25. The van der Waals surface area contributed by atoms with Crippen LogP contribution in [0.2, 0.25) is 0 Å². The molecule has 20 heavy (non-hydrogen) atoms. The Hall–Kier alpha value is -1.36. The molecule has 1 aliphatic rings. The fraction of sp³-hybridized carbons (Fsp3) is 0.467. The second-order valence-corrected chi connectivity index (χ2v) is 6.01. The Morgan fingerprint density at radius 2 is 1.85 bits per heavy atom. The summed E-state index contributed by atoms with van der Waals surface area (Å²) in [6, 6.07) is 8.48. The summed E-state index contributed by atoms with van der Waals surface area (Å²) in [4.78, 5) is 22.8. The van der Waals surface area contributed by atoms with E-state index in [1.807, 2.05) is 12.1 Å². The highest BCUT2D eigenvalue weighted by molar-refractivity contribution is 9.10. The summed E-state index contributed by atoms with van der Waals surface area (Å²) in [5, 5.41) is 5.58. The summed E-state index contributed by atoms with van der Waals surface area (Å²) >= 11 is 3.41. The number of nitrogens with one attached hydrogen (secondary N) is 2. The van der Waals surface area contributed by atoms with E-state index in [-0.39, 0.29) is 17.9 Å². The van der Waals surface area contributed by atoms with E-state index in [4.69, 9.17) is 0 Å². The summed E-state index contributed by atoms with van der Waals surface area (Å²) < 4.78 is 1.07. The average Bonchev–Trinajstić information content (AvgIpc) is 3.18. The SMILES string of the molecule is CNC(=O)CCCC(=O)N[C@H]1C[C@H]1c1ccc(Br)cc1. The number of benzene rings is 1. The standard InChI is InChI=1S/C15H19BrN2O2/c1-17-14(19)3-2-4-15(20)18-13-9-12(13)10-5-7-11(16)8-6-10/h5-8,12-13H,2-4,9H2,1H3,(H,17,19)(H,18,20)/t12-,13-/m0/s1. The van der Waals surface area contributed by atoms with E-state index < -0.39 is 0 Å². The molecule has 2 rings (SSSR count). The van der Waals surface area contributed by atoms with Gasteiger partial charge in [0.05, 0.1) is 0 Å². The molecule has 0 heterocycles. The fourth-order valence-corrected chi connectivity index (χ4v) is 2.51. The van der Waals surface area contributed by atoms with Gasteiger partial charge in [-0.2, -0.15) is 0 Å². The Morgan fingerprint density at radius 3 is 2.50 bits per heavy atom.